The number of anilines is 3. The van der Waals surface area contributed by atoms with Gasteiger partial charge in [-0.3, -0.25) is 0 Å². The van der Waals surface area contributed by atoms with E-state index in [0.29, 0.717) is 0 Å². The predicted octanol–water partition coefficient (Wildman–Crippen LogP) is 2.48. The van der Waals surface area contributed by atoms with E-state index < -0.39 is 0 Å². The Labute approximate surface area is 145 Å². The molecule has 24 heavy (non-hydrogen) atoms. The van der Waals surface area contributed by atoms with E-state index in [0.717, 1.165) is 43.6 Å². The first kappa shape index (κ1) is 15.1. The zero-order valence-corrected chi connectivity index (χ0v) is 14.7. The van der Waals surface area contributed by atoms with E-state index in [1.807, 2.05) is 31.3 Å². The van der Waals surface area contributed by atoms with Crippen molar-refractivity contribution in [2.24, 2.45) is 0 Å². The van der Waals surface area contributed by atoms with Crippen LogP contribution in [-0.4, -0.2) is 55.5 Å². The van der Waals surface area contributed by atoms with E-state index in [9.17, 15) is 0 Å². The van der Waals surface area contributed by atoms with Gasteiger partial charge in [0.25, 0.3) is 0 Å². The number of hydrogen-bond donors (Lipinski definition) is 0. The minimum Gasteiger partial charge on any atom is -0.361 e. The highest BCUT2D eigenvalue weighted by Crippen LogP contribution is 2.29. The van der Waals surface area contributed by atoms with Crippen molar-refractivity contribution in [2.75, 3.05) is 55.0 Å². The lowest BCUT2D eigenvalue weighted by Crippen LogP contribution is -2.47. The molecule has 0 atom stereocenters. The van der Waals surface area contributed by atoms with Crippen molar-refractivity contribution < 1.29 is 0 Å². The van der Waals surface area contributed by atoms with Gasteiger partial charge in [0.15, 0.2) is 11.6 Å². The highest BCUT2D eigenvalue weighted by Gasteiger charge is 2.21. The summed E-state index contributed by atoms with van der Waals surface area (Å²) >= 11 is 1.77. The molecule has 1 saturated heterocycles. The van der Waals surface area contributed by atoms with Crippen LogP contribution >= 0.6 is 11.3 Å². The molecule has 4 rings (SSSR count). The zero-order valence-electron chi connectivity index (χ0n) is 13.9. The molecule has 0 aromatic carbocycles. The van der Waals surface area contributed by atoms with Crippen molar-refractivity contribution in [3.05, 3.63) is 35.8 Å². The Hall–Kier alpha value is -2.41. The molecular formula is C17H20N6S. The number of fused-ring (bicyclic) bond motifs is 1. The molecule has 0 unspecified atom stereocenters. The largest absolute Gasteiger partial charge is 0.361 e. The first-order chi connectivity index (χ1) is 11.7. The molecule has 0 amide bonds. The number of pyridine rings is 1. The Bertz CT molecular complexity index is 820. The average molecular weight is 340 g/mol. The summed E-state index contributed by atoms with van der Waals surface area (Å²) in [5.41, 5.74) is 0. The van der Waals surface area contributed by atoms with Gasteiger partial charge in [-0.1, -0.05) is 0 Å². The summed E-state index contributed by atoms with van der Waals surface area (Å²) in [6.07, 6.45) is 1.91. The Morgan fingerprint density at radius 1 is 0.958 bits per heavy atom. The van der Waals surface area contributed by atoms with Gasteiger partial charge in [-0.2, -0.15) is 0 Å². The summed E-state index contributed by atoms with van der Waals surface area (Å²) in [7, 11) is 3.95. The zero-order chi connectivity index (χ0) is 16.5. The van der Waals surface area contributed by atoms with Gasteiger partial charge in [-0.05, 0) is 29.6 Å². The monoisotopic (exact) mass is 340 g/mol. The first-order valence-electron chi connectivity index (χ1n) is 8.05. The van der Waals surface area contributed by atoms with Gasteiger partial charge in [-0.15, -0.1) is 21.5 Å². The molecule has 0 spiro atoms. The smallest absolute Gasteiger partial charge is 0.151 e. The van der Waals surface area contributed by atoms with Crippen LogP contribution in [0.1, 0.15) is 0 Å². The summed E-state index contributed by atoms with van der Waals surface area (Å²) in [6, 6.07) is 8.32. The first-order valence-corrected chi connectivity index (χ1v) is 8.93. The Morgan fingerprint density at radius 2 is 1.75 bits per heavy atom. The van der Waals surface area contributed by atoms with E-state index in [-0.39, 0.29) is 0 Å². The van der Waals surface area contributed by atoms with E-state index >= 15 is 0 Å². The van der Waals surface area contributed by atoms with Gasteiger partial charge >= 0.3 is 0 Å². The third kappa shape index (κ3) is 2.75. The lowest BCUT2D eigenvalue weighted by atomic mass is 10.2. The van der Waals surface area contributed by atoms with Crippen LogP contribution in [0.15, 0.2) is 35.8 Å². The minimum atomic E-state index is 0.880. The fourth-order valence-electron chi connectivity index (χ4n) is 3.00. The number of hydrogen-bond acceptors (Lipinski definition) is 7. The predicted molar refractivity (Wildman–Crippen MR) is 100 cm³/mol. The van der Waals surface area contributed by atoms with Gasteiger partial charge in [0.1, 0.15) is 5.82 Å². The molecule has 0 aliphatic carbocycles. The number of aromatic nitrogens is 3. The molecule has 7 heteroatoms. The number of rotatable bonds is 3. The maximum absolute atomic E-state index is 4.61. The standard InChI is InChI=1S/C17H20N6S/c1-21(2)15-3-4-16(20-19-15)22-8-10-23(11-9-22)17-13-6-12-24-14(13)5-7-18-17/h3-7,12H,8-11H2,1-2H3. The fourth-order valence-corrected chi connectivity index (χ4v) is 3.78. The van der Waals surface area contributed by atoms with Gasteiger partial charge in [-0.25, -0.2) is 4.98 Å². The lowest BCUT2D eigenvalue weighted by molar-refractivity contribution is 0.640. The normalized spacial score (nSPS) is 15.1. The van der Waals surface area contributed by atoms with Crippen LogP contribution in [0.25, 0.3) is 10.1 Å². The molecule has 3 aromatic rings. The van der Waals surface area contributed by atoms with Crippen LogP contribution in [0.5, 0.6) is 0 Å². The van der Waals surface area contributed by atoms with Crippen molar-refractivity contribution >= 4 is 38.9 Å². The molecule has 0 N–H and O–H groups in total. The number of thiophene rings is 1. The Kier molecular flexibility index (Phi) is 3.93. The maximum atomic E-state index is 4.61. The molecule has 124 valence electrons. The van der Waals surface area contributed by atoms with Crippen LogP contribution in [0, 0.1) is 0 Å². The third-order valence-electron chi connectivity index (χ3n) is 4.36. The second-order valence-electron chi connectivity index (χ2n) is 6.09. The van der Waals surface area contributed by atoms with Crippen LogP contribution < -0.4 is 14.7 Å². The second kappa shape index (κ2) is 6.24. The van der Waals surface area contributed by atoms with Crippen LogP contribution in [-0.2, 0) is 0 Å². The molecule has 0 bridgehead atoms. The van der Waals surface area contributed by atoms with Crippen molar-refractivity contribution in [2.45, 2.75) is 0 Å². The topological polar surface area (TPSA) is 48.4 Å². The summed E-state index contributed by atoms with van der Waals surface area (Å²) in [6.45, 7) is 3.74. The molecule has 4 heterocycles. The van der Waals surface area contributed by atoms with E-state index in [2.05, 4.69) is 48.6 Å². The fraction of sp³-hybridized carbons (Fsp3) is 0.353. The molecule has 1 fully saturated rings. The summed E-state index contributed by atoms with van der Waals surface area (Å²) < 4.78 is 1.30. The van der Waals surface area contributed by atoms with Gasteiger partial charge in [0, 0.05) is 56.6 Å². The van der Waals surface area contributed by atoms with E-state index in [1.54, 1.807) is 11.3 Å². The summed E-state index contributed by atoms with van der Waals surface area (Å²) in [4.78, 5) is 11.2. The molecule has 0 radical (unpaired) electrons. The second-order valence-corrected chi connectivity index (χ2v) is 7.03. The van der Waals surface area contributed by atoms with Gasteiger partial charge in [0.05, 0.1) is 0 Å². The lowest BCUT2D eigenvalue weighted by Gasteiger charge is -2.36. The average Bonchev–Trinajstić information content (AvgIpc) is 3.11. The SMILES string of the molecule is CN(C)c1ccc(N2CCN(c3nccc4sccc34)CC2)nn1. The summed E-state index contributed by atoms with van der Waals surface area (Å²) in [5, 5.41) is 12.0. The number of nitrogens with zero attached hydrogens (tertiary/aromatic N) is 6. The molecule has 1 aliphatic heterocycles. The van der Waals surface area contributed by atoms with Crippen LogP contribution in [0.3, 0.4) is 0 Å². The van der Waals surface area contributed by atoms with Crippen molar-refractivity contribution in [3.8, 4) is 0 Å². The highest BCUT2D eigenvalue weighted by atomic mass is 32.1. The molecule has 3 aromatic heterocycles. The molecule has 1 aliphatic rings. The highest BCUT2D eigenvalue weighted by molar-refractivity contribution is 7.17. The maximum Gasteiger partial charge on any atom is 0.151 e. The molecular weight excluding hydrogens is 320 g/mol. The minimum absolute atomic E-state index is 0.880. The molecule has 0 saturated carbocycles. The quantitative estimate of drug-likeness (QED) is 0.730. The Morgan fingerprint density at radius 3 is 2.46 bits per heavy atom. The Balaban J connectivity index is 1.47. The van der Waals surface area contributed by atoms with Crippen LogP contribution in [0.2, 0.25) is 0 Å². The number of piperazine rings is 1. The van der Waals surface area contributed by atoms with Gasteiger partial charge < -0.3 is 14.7 Å². The van der Waals surface area contributed by atoms with Crippen molar-refractivity contribution in [3.63, 3.8) is 0 Å². The molecule has 6 nitrogen and oxygen atoms in total. The van der Waals surface area contributed by atoms with E-state index in [1.165, 1.54) is 10.1 Å². The van der Waals surface area contributed by atoms with E-state index in [4.69, 9.17) is 0 Å². The third-order valence-corrected chi connectivity index (χ3v) is 5.24. The van der Waals surface area contributed by atoms with Gasteiger partial charge in [0.2, 0.25) is 0 Å². The summed E-state index contributed by atoms with van der Waals surface area (Å²) in [5.74, 6) is 2.93. The van der Waals surface area contributed by atoms with Crippen molar-refractivity contribution in [1.82, 2.24) is 15.2 Å². The van der Waals surface area contributed by atoms with Crippen molar-refractivity contribution in [1.29, 1.82) is 0 Å². The van der Waals surface area contributed by atoms with Crippen LogP contribution in [0.4, 0.5) is 17.5 Å².